The molecule has 0 N–H and O–H groups in total. The van der Waals surface area contributed by atoms with Crippen molar-refractivity contribution in [3.8, 4) is 0 Å². The SMILES string of the molecule is FC(F)(F)c1ccc(CC[CH]c2ccc(Cl)cc2)cn1. The maximum atomic E-state index is 12.3. The van der Waals surface area contributed by atoms with Gasteiger partial charge in [0.15, 0.2) is 0 Å². The average molecular weight is 299 g/mol. The van der Waals surface area contributed by atoms with E-state index in [9.17, 15) is 13.2 Å². The fourth-order valence-corrected chi connectivity index (χ4v) is 1.87. The molecule has 0 bridgehead atoms. The molecule has 2 rings (SSSR count). The van der Waals surface area contributed by atoms with Crippen LogP contribution in [0.2, 0.25) is 5.02 Å². The topological polar surface area (TPSA) is 12.9 Å². The molecule has 5 heteroatoms. The molecule has 0 amide bonds. The molecular formula is C15H12ClF3N. The van der Waals surface area contributed by atoms with Gasteiger partial charge in [0, 0.05) is 11.2 Å². The fraction of sp³-hybridized carbons (Fsp3) is 0.200. The second-order valence-electron chi connectivity index (χ2n) is 4.34. The fourth-order valence-electron chi connectivity index (χ4n) is 1.74. The van der Waals surface area contributed by atoms with Crippen molar-refractivity contribution < 1.29 is 13.2 Å². The molecule has 1 radical (unpaired) electrons. The van der Waals surface area contributed by atoms with E-state index in [1.807, 2.05) is 18.6 Å². The van der Waals surface area contributed by atoms with E-state index in [0.29, 0.717) is 11.4 Å². The van der Waals surface area contributed by atoms with Crippen molar-refractivity contribution in [1.82, 2.24) is 4.98 Å². The smallest absolute Gasteiger partial charge is 0.252 e. The molecule has 1 aromatic heterocycles. The van der Waals surface area contributed by atoms with Gasteiger partial charge in [-0.1, -0.05) is 29.8 Å². The van der Waals surface area contributed by atoms with Gasteiger partial charge in [-0.05, 0) is 48.6 Å². The van der Waals surface area contributed by atoms with Crippen LogP contribution in [-0.4, -0.2) is 4.98 Å². The first-order valence-corrected chi connectivity index (χ1v) is 6.44. The minimum atomic E-state index is -4.38. The normalized spacial score (nSPS) is 11.6. The highest BCUT2D eigenvalue weighted by Gasteiger charge is 2.31. The number of nitrogens with zero attached hydrogens (tertiary/aromatic N) is 1. The summed E-state index contributed by atoms with van der Waals surface area (Å²) >= 11 is 5.78. The van der Waals surface area contributed by atoms with E-state index in [1.54, 1.807) is 12.1 Å². The molecule has 0 fully saturated rings. The van der Waals surface area contributed by atoms with Crippen molar-refractivity contribution >= 4 is 11.6 Å². The maximum Gasteiger partial charge on any atom is 0.433 e. The number of rotatable bonds is 4. The summed E-state index contributed by atoms with van der Waals surface area (Å²) in [5.74, 6) is 0. The number of aryl methyl sites for hydroxylation is 1. The van der Waals surface area contributed by atoms with Crippen LogP contribution in [-0.2, 0) is 12.6 Å². The third kappa shape index (κ3) is 4.23. The molecule has 2 aromatic rings. The summed E-state index contributed by atoms with van der Waals surface area (Å²) < 4.78 is 37.0. The Hall–Kier alpha value is -1.55. The van der Waals surface area contributed by atoms with Crippen LogP contribution in [0.4, 0.5) is 13.2 Å². The Kier molecular flexibility index (Phi) is 4.65. The lowest BCUT2D eigenvalue weighted by Crippen LogP contribution is -2.07. The zero-order valence-electron chi connectivity index (χ0n) is 10.5. The standard InChI is InChI=1S/C15H12ClF3N/c16-13-7-4-11(5-8-13)2-1-3-12-6-9-14(20-10-12)15(17,18)19/h2,4-10H,1,3H2. The number of hydrogen-bond acceptors (Lipinski definition) is 1. The quantitative estimate of drug-likeness (QED) is 0.779. The second kappa shape index (κ2) is 6.27. The van der Waals surface area contributed by atoms with E-state index in [4.69, 9.17) is 11.6 Å². The molecule has 1 aromatic carbocycles. The maximum absolute atomic E-state index is 12.3. The highest BCUT2D eigenvalue weighted by Crippen LogP contribution is 2.27. The zero-order chi connectivity index (χ0) is 14.6. The minimum Gasteiger partial charge on any atom is -0.252 e. The number of alkyl halides is 3. The number of aromatic nitrogens is 1. The van der Waals surface area contributed by atoms with Gasteiger partial charge >= 0.3 is 6.18 Å². The Morgan fingerprint density at radius 3 is 2.30 bits per heavy atom. The van der Waals surface area contributed by atoms with Gasteiger partial charge in [0.05, 0.1) is 0 Å². The summed E-state index contributed by atoms with van der Waals surface area (Å²) in [6, 6.07) is 9.87. The van der Waals surface area contributed by atoms with Gasteiger partial charge in [0.1, 0.15) is 5.69 Å². The van der Waals surface area contributed by atoms with Crippen LogP contribution in [0.5, 0.6) is 0 Å². The van der Waals surface area contributed by atoms with E-state index in [-0.39, 0.29) is 0 Å². The first-order chi connectivity index (χ1) is 9.45. The molecular weight excluding hydrogens is 287 g/mol. The van der Waals surface area contributed by atoms with Crippen LogP contribution in [0.3, 0.4) is 0 Å². The number of hydrogen-bond donors (Lipinski definition) is 0. The summed E-state index contributed by atoms with van der Waals surface area (Å²) in [5, 5.41) is 0.675. The molecule has 1 nitrogen and oxygen atoms in total. The monoisotopic (exact) mass is 298 g/mol. The van der Waals surface area contributed by atoms with Crippen LogP contribution >= 0.6 is 11.6 Å². The molecule has 0 aliphatic rings. The summed E-state index contributed by atoms with van der Waals surface area (Å²) in [6.07, 6.45) is 0.281. The predicted octanol–water partition coefficient (Wildman–Crippen LogP) is 4.94. The molecule has 0 saturated heterocycles. The molecule has 0 spiro atoms. The average Bonchev–Trinajstić information content (AvgIpc) is 2.41. The zero-order valence-corrected chi connectivity index (χ0v) is 11.2. The van der Waals surface area contributed by atoms with Crippen molar-refractivity contribution in [1.29, 1.82) is 0 Å². The Labute approximate surface area is 120 Å². The minimum absolute atomic E-state index is 0.647. The van der Waals surface area contributed by atoms with E-state index in [2.05, 4.69) is 4.98 Å². The van der Waals surface area contributed by atoms with Crippen molar-refractivity contribution in [2.75, 3.05) is 0 Å². The lowest BCUT2D eigenvalue weighted by atomic mass is 10.1. The Balaban J connectivity index is 1.87. The van der Waals surface area contributed by atoms with Gasteiger partial charge in [-0.15, -0.1) is 0 Å². The third-order valence-electron chi connectivity index (χ3n) is 2.80. The van der Waals surface area contributed by atoms with Crippen LogP contribution in [0.25, 0.3) is 0 Å². The highest BCUT2D eigenvalue weighted by molar-refractivity contribution is 6.30. The Bertz CT molecular complexity index is 547. The van der Waals surface area contributed by atoms with Gasteiger partial charge in [-0.3, -0.25) is 4.98 Å². The van der Waals surface area contributed by atoms with E-state index >= 15 is 0 Å². The van der Waals surface area contributed by atoms with Crippen LogP contribution < -0.4 is 0 Å². The lowest BCUT2D eigenvalue weighted by Gasteiger charge is -2.06. The summed E-state index contributed by atoms with van der Waals surface area (Å²) in [4.78, 5) is 3.43. The first-order valence-electron chi connectivity index (χ1n) is 6.06. The number of benzene rings is 1. The van der Waals surface area contributed by atoms with Gasteiger partial charge in [0.2, 0.25) is 0 Å². The lowest BCUT2D eigenvalue weighted by molar-refractivity contribution is -0.141. The predicted molar refractivity (Wildman–Crippen MR) is 72.4 cm³/mol. The van der Waals surface area contributed by atoms with E-state index in [0.717, 1.165) is 23.6 Å². The van der Waals surface area contributed by atoms with Crippen LogP contribution in [0.15, 0.2) is 42.6 Å². The number of pyridine rings is 1. The molecule has 20 heavy (non-hydrogen) atoms. The summed E-state index contributed by atoms with van der Waals surface area (Å²) in [5.41, 5.74) is 0.959. The van der Waals surface area contributed by atoms with Gasteiger partial charge in [-0.2, -0.15) is 13.2 Å². The van der Waals surface area contributed by atoms with Gasteiger partial charge in [-0.25, -0.2) is 0 Å². The molecule has 0 atom stereocenters. The Morgan fingerprint density at radius 2 is 1.75 bits per heavy atom. The molecule has 105 valence electrons. The van der Waals surface area contributed by atoms with Crippen molar-refractivity contribution in [3.05, 3.63) is 70.9 Å². The number of halogens is 4. The van der Waals surface area contributed by atoms with Crippen LogP contribution in [0, 0.1) is 6.42 Å². The van der Waals surface area contributed by atoms with Crippen LogP contribution in [0.1, 0.15) is 23.2 Å². The second-order valence-corrected chi connectivity index (χ2v) is 4.78. The first kappa shape index (κ1) is 14.9. The van der Waals surface area contributed by atoms with Crippen molar-refractivity contribution in [2.24, 2.45) is 0 Å². The van der Waals surface area contributed by atoms with Gasteiger partial charge in [0.25, 0.3) is 0 Å². The van der Waals surface area contributed by atoms with E-state index < -0.39 is 11.9 Å². The summed E-state index contributed by atoms with van der Waals surface area (Å²) in [7, 11) is 0. The van der Waals surface area contributed by atoms with Gasteiger partial charge < -0.3 is 0 Å². The third-order valence-corrected chi connectivity index (χ3v) is 3.05. The largest absolute Gasteiger partial charge is 0.433 e. The summed E-state index contributed by atoms with van der Waals surface area (Å²) in [6.45, 7) is 0. The van der Waals surface area contributed by atoms with Crippen molar-refractivity contribution in [2.45, 2.75) is 19.0 Å². The van der Waals surface area contributed by atoms with Crippen molar-refractivity contribution in [3.63, 3.8) is 0 Å². The highest BCUT2D eigenvalue weighted by atomic mass is 35.5. The molecule has 0 aliphatic heterocycles. The molecule has 0 saturated carbocycles. The molecule has 0 unspecified atom stereocenters. The van der Waals surface area contributed by atoms with E-state index in [1.165, 1.54) is 12.3 Å². The molecule has 0 aliphatic carbocycles. The molecule has 1 heterocycles. The Morgan fingerprint density at radius 1 is 1.05 bits per heavy atom.